The number of anilines is 1. The molecule has 2 aromatic rings. The second kappa shape index (κ2) is 6.84. The predicted octanol–water partition coefficient (Wildman–Crippen LogP) is 3.35. The number of aryl methyl sites for hydroxylation is 2. The zero-order valence-electron chi connectivity index (χ0n) is 12.1. The second-order valence-corrected chi connectivity index (χ2v) is 5.58. The Morgan fingerprint density at radius 3 is 2.43 bits per heavy atom. The van der Waals surface area contributed by atoms with Crippen LogP contribution in [0.4, 0.5) is 5.69 Å². The highest BCUT2D eigenvalue weighted by Gasteiger charge is 2.15. The largest absolute Gasteiger partial charge is 0.464 e. The molecule has 1 amide bonds. The summed E-state index contributed by atoms with van der Waals surface area (Å²) < 4.78 is 6.19. The Bertz CT molecular complexity index is 651. The van der Waals surface area contributed by atoms with Crippen LogP contribution in [0.3, 0.4) is 0 Å². The predicted molar refractivity (Wildman–Crippen MR) is 89.8 cm³/mol. The van der Waals surface area contributed by atoms with E-state index in [1.54, 1.807) is 6.07 Å². The molecule has 0 unspecified atom stereocenters. The van der Waals surface area contributed by atoms with E-state index >= 15 is 0 Å². The lowest BCUT2D eigenvalue weighted by Crippen LogP contribution is -2.16. The first kappa shape index (κ1) is 15.7. The fourth-order valence-electron chi connectivity index (χ4n) is 1.89. The van der Waals surface area contributed by atoms with Gasteiger partial charge in [-0.2, -0.15) is 9.97 Å². The average Bonchev–Trinajstić information content (AvgIpc) is 2.43. The number of nitrogens with one attached hydrogen (secondary N) is 1. The van der Waals surface area contributed by atoms with Crippen LogP contribution >= 0.6 is 22.6 Å². The minimum Gasteiger partial charge on any atom is -0.464 e. The number of amides is 1. The van der Waals surface area contributed by atoms with Crippen LogP contribution in [0.25, 0.3) is 0 Å². The summed E-state index contributed by atoms with van der Waals surface area (Å²) in [4.78, 5) is 20.8. The molecule has 0 fully saturated rings. The third-order valence-corrected chi connectivity index (χ3v) is 3.82. The first-order valence-electron chi connectivity index (χ1n) is 6.56. The molecule has 0 bridgehead atoms. The number of hydrogen-bond acceptors (Lipinski definition) is 4. The van der Waals surface area contributed by atoms with Gasteiger partial charge in [0, 0.05) is 3.57 Å². The van der Waals surface area contributed by atoms with Gasteiger partial charge in [-0.05, 0) is 55.5 Å². The van der Waals surface area contributed by atoms with Gasteiger partial charge in [0.25, 0.3) is 5.91 Å². The third kappa shape index (κ3) is 3.69. The monoisotopic (exact) mass is 397 g/mol. The van der Waals surface area contributed by atoms with E-state index in [1.165, 1.54) is 0 Å². The van der Waals surface area contributed by atoms with Gasteiger partial charge in [-0.3, -0.25) is 4.79 Å². The van der Waals surface area contributed by atoms with Crippen molar-refractivity contribution in [3.05, 3.63) is 44.8 Å². The fourth-order valence-corrected chi connectivity index (χ4v) is 2.52. The van der Waals surface area contributed by atoms with E-state index in [1.807, 2.05) is 39.0 Å². The molecule has 0 aliphatic rings. The Labute approximate surface area is 137 Å². The van der Waals surface area contributed by atoms with Gasteiger partial charge in [0.15, 0.2) is 0 Å². The maximum absolute atomic E-state index is 12.3. The minimum absolute atomic E-state index is 0.168. The normalized spacial score (nSPS) is 10.3. The van der Waals surface area contributed by atoms with E-state index in [0.717, 1.165) is 3.57 Å². The van der Waals surface area contributed by atoms with Crippen molar-refractivity contribution in [2.45, 2.75) is 20.8 Å². The zero-order chi connectivity index (χ0) is 15.4. The first-order chi connectivity index (χ1) is 10.0. The smallest absolute Gasteiger partial charge is 0.316 e. The molecule has 0 saturated carbocycles. The average molecular weight is 397 g/mol. The van der Waals surface area contributed by atoms with Gasteiger partial charge in [-0.1, -0.05) is 12.1 Å². The second-order valence-electron chi connectivity index (χ2n) is 4.42. The Balaban J connectivity index is 2.28. The highest BCUT2D eigenvalue weighted by molar-refractivity contribution is 14.1. The van der Waals surface area contributed by atoms with Crippen molar-refractivity contribution in [3.63, 3.8) is 0 Å². The summed E-state index contributed by atoms with van der Waals surface area (Å²) in [6, 6.07) is 7.75. The fraction of sp³-hybridized carbons (Fsp3) is 0.267. The summed E-state index contributed by atoms with van der Waals surface area (Å²) in [5, 5.41) is 2.88. The van der Waals surface area contributed by atoms with Crippen LogP contribution in [-0.2, 0) is 0 Å². The van der Waals surface area contributed by atoms with Crippen LogP contribution in [0.2, 0.25) is 0 Å². The number of nitrogens with zero attached hydrogens (tertiary/aromatic N) is 2. The van der Waals surface area contributed by atoms with Gasteiger partial charge in [-0.15, -0.1) is 0 Å². The molecule has 110 valence electrons. The van der Waals surface area contributed by atoms with Crippen LogP contribution in [0.5, 0.6) is 6.01 Å². The number of ether oxygens (including phenoxy) is 1. The molecule has 5 nitrogen and oxygen atoms in total. The molecule has 1 aromatic heterocycles. The number of hydrogen-bond donors (Lipinski definition) is 1. The summed E-state index contributed by atoms with van der Waals surface area (Å²) in [5.74, 6) is -0.168. The minimum atomic E-state index is -0.168. The van der Waals surface area contributed by atoms with Crippen molar-refractivity contribution >= 4 is 34.2 Å². The summed E-state index contributed by atoms with van der Waals surface area (Å²) in [7, 11) is 0. The van der Waals surface area contributed by atoms with Crippen LogP contribution in [0.15, 0.2) is 24.3 Å². The molecule has 0 atom stereocenters. The van der Waals surface area contributed by atoms with E-state index in [-0.39, 0.29) is 5.91 Å². The number of halogens is 1. The zero-order valence-corrected chi connectivity index (χ0v) is 14.3. The van der Waals surface area contributed by atoms with E-state index in [9.17, 15) is 4.79 Å². The van der Waals surface area contributed by atoms with Crippen molar-refractivity contribution in [1.29, 1.82) is 0 Å². The maximum Gasteiger partial charge on any atom is 0.316 e. The highest BCUT2D eigenvalue weighted by Crippen LogP contribution is 2.21. The van der Waals surface area contributed by atoms with Crippen molar-refractivity contribution < 1.29 is 9.53 Å². The molecular formula is C15H16IN3O2. The molecule has 1 aromatic carbocycles. The molecule has 0 saturated heterocycles. The molecule has 21 heavy (non-hydrogen) atoms. The molecule has 6 heteroatoms. The lowest BCUT2D eigenvalue weighted by Gasteiger charge is -2.12. The summed E-state index contributed by atoms with van der Waals surface area (Å²) in [5.41, 5.74) is 2.63. The van der Waals surface area contributed by atoms with Gasteiger partial charge in [-0.25, -0.2) is 0 Å². The van der Waals surface area contributed by atoms with Crippen molar-refractivity contribution in [2.75, 3.05) is 11.9 Å². The van der Waals surface area contributed by atoms with E-state index < -0.39 is 0 Å². The van der Waals surface area contributed by atoms with E-state index in [2.05, 4.69) is 37.9 Å². The molecule has 1 N–H and O–H groups in total. The number of benzene rings is 1. The van der Waals surface area contributed by atoms with Gasteiger partial charge in [0.1, 0.15) is 0 Å². The van der Waals surface area contributed by atoms with Gasteiger partial charge < -0.3 is 10.1 Å². The van der Waals surface area contributed by atoms with Crippen LogP contribution in [0.1, 0.15) is 28.7 Å². The Morgan fingerprint density at radius 2 is 1.86 bits per heavy atom. The molecule has 0 spiro atoms. The highest BCUT2D eigenvalue weighted by atomic mass is 127. The standard InChI is InChI=1S/C15H16IN3O2/c1-4-21-15-17-9(2)13(10(3)18-15)19-14(20)11-7-5-6-8-12(11)16/h5-8H,4H2,1-3H3,(H,19,20). The molecule has 1 heterocycles. The van der Waals surface area contributed by atoms with Crippen LogP contribution in [-0.4, -0.2) is 22.5 Å². The number of carbonyl (C=O) groups excluding carboxylic acids is 1. The number of aromatic nitrogens is 2. The number of carbonyl (C=O) groups is 1. The first-order valence-corrected chi connectivity index (χ1v) is 7.64. The maximum atomic E-state index is 12.3. The van der Waals surface area contributed by atoms with Crippen molar-refractivity contribution in [3.8, 4) is 6.01 Å². The van der Waals surface area contributed by atoms with Gasteiger partial charge in [0.05, 0.1) is 29.2 Å². The van der Waals surface area contributed by atoms with Crippen molar-refractivity contribution in [2.24, 2.45) is 0 Å². The Hall–Kier alpha value is -1.70. The molecule has 0 aliphatic heterocycles. The molecule has 2 rings (SSSR count). The summed E-state index contributed by atoms with van der Waals surface area (Å²) in [6.45, 7) is 6.03. The van der Waals surface area contributed by atoms with Gasteiger partial charge in [0.2, 0.25) is 0 Å². The Kier molecular flexibility index (Phi) is 5.11. The van der Waals surface area contributed by atoms with Crippen molar-refractivity contribution in [1.82, 2.24) is 9.97 Å². The summed E-state index contributed by atoms with van der Waals surface area (Å²) >= 11 is 2.14. The molecule has 0 aliphatic carbocycles. The lowest BCUT2D eigenvalue weighted by atomic mass is 10.2. The lowest BCUT2D eigenvalue weighted by molar-refractivity contribution is 0.102. The molecule has 0 radical (unpaired) electrons. The van der Waals surface area contributed by atoms with E-state index in [4.69, 9.17) is 4.74 Å². The van der Waals surface area contributed by atoms with E-state index in [0.29, 0.717) is 35.3 Å². The van der Waals surface area contributed by atoms with Gasteiger partial charge >= 0.3 is 6.01 Å². The van der Waals surface area contributed by atoms with Crippen LogP contribution in [0, 0.1) is 17.4 Å². The third-order valence-electron chi connectivity index (χ3n) is 2.88. The SMILES string of the molecule is CCOc1nc(C)c(NC(=O)c2ccccc2I)c(C)n1. The number of rotatable bonds is 4. The molecular weight excluding hydrogens is 381 g/mol. The quantitative estimate of drug-likeness (QED) is 0.804. The summed E-state index contributed by atoms with van der Waals surface area (Å²) in [6.07, 6.45) is 0. The van der Waals surface area contributed by atoms with Crippen LogP contribution < -0.4 is 10.1 Å². The Morgan fingerprint density at radius 1 is 1.24 bits per heavy atom. The topological polar surface area (TPSA) is 64.1 Å².